The van der Waals surface area contributed by atoms with E-state index in [0.29, 0.717) is 0 Å². The van der Waals surface area contributed by atoms with Crippen molar-refractivity contribution in [2.24, 2.45) is 16.6 Å². The van der Waals surface area contributed by atoms with Crippen LogP contribution in [0.1, 0.15) is 27.6 Å². The highest BCUT2D eigenvalue weighted by atomic mass is 16.5. The van der Waals surface area contributed by atoms with Crippen LogP contribution in [-0.2, 0) is 9.53 Å². The first-order valence-corrected chi connectivity index (χ1v) is 6.04. The molecule has 0 heterocycles. The molecule has 0 saturated heterocycles. The molecule has 0 aliphatic carbocycles. The number of benzene rings is 1. The molecule has 1 aromatic rings. The van der Waals surface area contributed by atoms with Gasteiger partial charge in [-0.2, -0.15) is 10.4 Å². The molecule has 22 heavy (non-hydrogen) atoms. The summed E-state index contributed by atoms with van der Waals surface area (Å²) in [4.78, 5) is 33.8. The first kappa shape index (κ1) is 16.6. The highest BCUT2D eigenvalue weighted by molar-refractivity contribution is 6.43. The molecule has 0 unspecified atom stereocenters. The number of ether oxygens (including phenoxy) is 1. The van der Waals surface area contributed by atoms with Gasteiger partial charge >= 0.3 is 5.97 Å². The van der Waals surface area contributed by atoms with Gasteiger partial charge in [-0.3, -0.25) is 15.0 Å². The quantitative estimate of drug-likeness (QED) is 0.372. The Morgan fingerprint density at radius 2 is 1.77 bits per heavy atom. The molecule has 9 heteroatoms. The Hall–Kier alpha value is -3.41. The average molecular weight is 303 g/mol. The monoisotopic (exact) mass is 303 g/mol. The fourth-order valence-corrected chi connectivity index (χ4v) is 1.41. The van der Waals surface area contributed by atoms with Gasteiger partial charge in [0.15, 0.2) is 0 Å². The third-order valence-electron chi connectivity index (χ3n) is 2.37. The van der Waals surface area contributed by atoms with Crippen molar-refractivity contribution in [2.75, 3.05) is 12.0 Å². The Morgan fingerprint density at radius 3 is 2.18 bits per heavy atom. The summed E-state index contributed by atoms with van der Waals surface area (Å²) in [6.45, 7) is 1.66. The van der Waals surface area contributed by atoms with E-state index in [9.17, 15) is 14.4 Å². The van der Waals surface area contributed by atoms with Gasteiger partial charge < -0.3 is 16.2 Å². The molecule has 0 fully saturated rings. The number of primary amides is 2. The summed E-state index contributed by atoms with van der Waals surface area (Å²) in [5.74, 6) is -2.46. The van der Waals surface area contributed by atoms with Crippen molar-refractivity contribution >= 4 is 29.2 Å². The number of nitriles is 1. The number of anilines is 1. The van der Waals surface area contributed by atoms with Crippen molar-refractivity contribution in [2.45, 2.75) is 6.92 Å². The molecule has 0 aliphatic heterocycles. The predicted octanol–water partition coefficient (Wildman–Crippen LogP) is -0.261. The van der Waals surface area contributed by atoms with E-state index in [1.54, 1.807) is 13.0 Å². The van der Waals surface area contributed by atoms with Crippen LogP contribution < -0.4 is 16.9 Å². The summed E-state index contributed by atoms with van der Waals surface area (Å²) in [6, 6.07) is 5.36. The Labute approximate surface area is 125 Å². The number of hydrogen-bond acceptors (Lipinski definition) is 7. The summed E-state index contributed by atoms with van der Waals surface area (Å²) in [5, 5.41) is 12.4. The van der Waals surface area contributed by atoms with Gasteiger partial charge in [0.05, 0.1) is 12.3 Å². The lowest BCUT2D eigenvalue weighted by Crippen LogP contribution is -2.18. The Bertz CT molecular complexity index is 658. The second-order valence-electron chi connectivity index (χ2n) is 3.93. The molecule has 9 nitrogen and oxygen atoms in total. The number of rotatable bonds is 6. The fraction of sp³-hybridized carbons (Fsp3) is 0.154. The molecule has 0 spiro atoms. The van der Waals surface area contributed by atoms with E-state index in [0.717, 1.165) is 0 Å². The second kappa shape index (κ2) is 7.39. The fourth-order valence-electron chi connectivity index (χ4n) is 1.41. The van der Waals surface area contributed by atoms with Gasteiger partial charge in [-0.05, 0) is 25.1 Å². The minimum absolute atomic E-state index is 0.0173. The third kappa shape index (κ3) is 4.31. The number of esters is 1. The molecule has 114 valence electrons. The maximum atomic E-state index is 11.4. The Morgan fingerprint density at radius 1 is 1.23 bits per heavy atom. The summed E-state index contributed by atoms with van der Waals surface area (Å²) in [5.41, 5.74) is 12.3. The van der Waals surface area contributed by atoms with Crippen molar-refractivity contribution < 1.29 is 19.1 Å². The molecule has 1 aromatic carbocycles. The zero-order valence-electron chi connectivity index (χ0n) is 11.6. The first-order valence-electron chi connectivity index (χ1n) is 6.04. The molecule has 1 rings (SSSR count). The highest BCUT2D eigenvalue weighted by Gasteiger charge is 2.13. The van der Waals surface area contributed by atoms with Crippen molar-refractivity contribution in [1.82, 2.24) is 0 Å². The molecule has 0 bridgehead atoms. The van der Waals surface area contributed by atoms with E-state index in [4.69, 9.17) is 16.7 Å². The summed E-state index contributed by atoms with van der Waals surface area (Å²) in [7, 11) is 0. The first-order chi connectivity index (χ1) is 10.4. The minimum atomic E-state index is -0.904. The van der Waals surface area contributed by atoms with Crippen molar-refractivity contribution in [3.63, 3.8) is 0 Å². The van der Waals surface area contributed by atoms with Crippen LogP contribution in [0.5, 0.6) is 0 Å². The van der Waals surface area contributed by atoms with E-state index in [2.05, 4.69) is 15.3 Å². The van der Waals surface area contributed by atoms with E-state index in [-0.39, 0.29) is 23.4 Å². The molecular formula is C13H13N5O4. The summed E-state index contributed by atoms with van der Waals surface area (Å²) in [6.07, 6.45) is 0. The van der Waals surface area contributed by atoms with Crippen molar-refractivity contribution in [1.29, 1.82) is 5.26 Å². The van der Waals surface area contributed by atoms with Gasteiger partial charge in [-0.25, -0.2) is 4.79 Å². The molecule has 0 saturated carbocycles. The van der Waals surface area contributed by atoms with Crippen LogP contribution in [0.4, 0.5) is 5.69 Å². The van der Waals surface area contributed by atoms with Crippen molar-refractivity contribution in [3.05, 3.63) is 29.3 Å². The maximum Gasteiger partial charge on any atom is 0.369 e. The normalized spacial score (nSPS) is 10.5. The Balaban J connectivity index is 3.11. The summed E-state index contributed by atoms with van der Waals surface area (Å²) >= 11 is 0. The smallest absolute Gasteiger partial charge is 0.369 e. The maximum absolute atomic E-state index is 11.4. The van der Waals surface area contributed by atoms with Crippen LogP contribution >= 0.6 is 0 Å². The zero-order chi connectivity index (χ0) is 16.7. The van der Waals surface area contributed by atoms with Crippen LogP contribution in [-0.4, -0.2) is 30.1 Å². The SMILES string of the molecule is CCOC(=O)C(C#N)=NNc1cc(C(N)=O)cc(C(N)=O)c1. The molecule has 0 aliphatic rings. The molecule has 2 amide bonds. The van der Waals surface area contributed by atoms with Crippen LogP contribution in [0.25, 0.3) is 0 Å². The number of hydrazone groups is 1. The highest BCUT2D eigenvalue weighted by Crippen LogP contribution is 2.15. The zero-order valence-corrected chi connectivity index (χ0v) is 11.6. The Kier molecular flexibility index (Phi) is 5.59. The lowest BCUT2D eigenvalue weighted by atomic mass is 10.1. The van der Waals surface area contributed by atoms with E-state index < -0.39 is 23.5 Å². The van der Waals surface area contributed by atoms with Gasteiger partial charge in [-0.1, -0.05) is 0 Å². The summed E-state index contributed by atoms with van der Waals surface area (Å²) < 4.78 is 4.63. The molecule has 0 aromatic heterocycles. The number of carbonyl (C=O) groups excluding carboxylic acids is 3. The number of carbonyl (C=O) groups is 3. The van der Waals surface area contributed by atoms with Crippen LogP contribution in [0, 0.1) is 11.3 Å². The number of amides is 2. The number of hydrogen-bond donors (Lipinski definition) is 3. The van der Waals surface area contributed by atoms with E-state index in [1.165, 1.54) is 18.2 Å². The molecular weight excluding hydrogens is 290 g/mol. The van der Waals surface area contributed by atoms with Gasteiger partial charge in [-0.15, -0.1) is 0 Å². The van der Waals surface area contributed by atoms with Gasteiger partial charge in [0.1, 0.15) is 6.07 Å². The van der Waals surface area contributed by atoms with Crippen molar-refractivity contribution in [3.8, 4) is 6.07 Å². The number of nitrogens with one attached hydrogen (secondary N) is 1. The van der Waals surface area contributed by atoms with E-state index in [1.807, 2.05) is 0 Å². The van der Waals surface area contributed by atoms with Crippen LogP contribution in [0.3, 0.4) is 0 Å². The second-order valence-corrected chi connectivity index (χ2v) is 3.93. The van der Waals surface area contributed by atoms with Crippen LogP contribution in [0.15, 0.2) is 23.3 Å². The predicted molar refractivity (Wildman–Crippen MR) is 76.8 cm³/mol. The van der Waals surface area contributed by atoms with Gasteiger partial charge in [0, 0.05) is 11.1 Å². The van der Waals surface area contributed by atoms with Gasteiger partial charge in [0.2, 0.25) is 17.5 Å². The molecule has 0 radical (unpaired) electrons. The number of nitrogens with two attached hydrogens (primary N) is 2. The molecule has 5 N–H and O–H groups in total. The van der Waals surface area contributed by atoms with Crippen LogP contribution in [0.2, 0.25) is 0 Å². The molecule has 0 atom stereocenters. The topological polar surface area (TPSA) is 161 Å². The third-order valence-corrected chi connectivity index (χ3v) is 2.37. The minimum Gasteiger partial charge on any atom is -0.461 e. The number of nitrogens with zero attached hydrogens (tertiary/aromatic N) is 2. The van der Waals surface area contributed by atoms with E-state index >= 15 is 0 Å². The average Bonchev–Trinajstić information content (AvgIpc) is 2.47. The lowest BCUT2D eigenvalue weighted by molar-refractivity contribution is -0.134. The van der Waals surface area contributed by atoms with Gasteiger partial charge in [0.25, 0.3) is 0 Å². The standard InChI is InChI=1S/C13H13N5O4/c1-2-22-13(21)10(6-14)18-17-9-4-7(11(15)19)3-8(5-9)12(16)20/h3-5,17H,2H2,1H3,(H2,15,19)(H2,16,20). The lowest BCUT2D eigenvalue weighted by Gasteiger charge is -2.06. The largest absolute Gasteiger partial charge is 0.461 e.